The minimum atomic E-state index is -1.11. The van der Waals surface area contributed by atoms with Crippen LogP contribution in [0.3, 0.4) is 0 Å². The van der Waals surface area contributed by atoms with E-state index in [-0.39, 0.29) is 29.6 Å². The van der Waals surface area contributed by atoms with E-state index in [0.29, 0.717) is 6.54 Å². The molecule has 0 spiro atoms. The van der Waals surface area contributed by atoms with E-state index in [4.69, 9.17) is 10.5 Å². The monoisotopic (exact) mass is 508 g/mol. The second-order valence-corrected chi connectivity index (χ2v) is 13.3. The molecule has 4 N–H and O–H groups in total. The maximum absolute atomic E-state index is 13.8. The summed E-state index contributed by atoms with van der Waals surface area (Å²) in [5.74, 6) is -2.84. The molecule has 3 unspecified atom stereocenters. The summed E-state index contributed by atoms with van der Waals surface area (Å²) in [5, 5.41) is 5.41. The minimum absolute atomic E-state index is 0.0216. The number of ketones is 1. The van der Waals surface area contributed by atoms with Crippen LogP contribution in [0.4, 0.5) is 4.79 Å². The van der Waals surface area contributed by atoms with Crippen LogP contribution in [-0.2, 0) is 23.9 Å². The first-order valence-corrected chi connectivity index (χ1v) is 12.6. The Kier molecular flexibility index (Phi) is 8.23. The van der Waals surface area contributed by atoms with Crippen LogP contribution in [-0.4, -0.2) is 64.8 Å². The van der Waals surface area contributed by atoms with Gasteiger partial charge in [0.1, 0.15) is 17.7 Å². The van der Waals surface area contributed by atoms with Crippen molar-refractivity contribution < 1.29 is 28.7 Å². The summed E-state index contributed by atoms with van der Waals surface area (Å²) in [6.45, 7) is 18.9. The zero-order valence-corrected chi connectivity index (χ0v) is 23.4. The lowest BCUT2D eigenvalue weighted by Crippen LogP contribution is -2.60. The van der Waals surface area contributed by atoms with Crippen molar-refractivity contribution >= 4 is 29.6 Å². The lowest BCUT2D eigenvalue weighted by atomic mass is 9.85. The summed E-state index contributed by atoms with van der Waals surface area (Å²) in [4.78, 5) is 65.4. The number of hydrogen-bond donors (Lipinski definition) is 3. The van der Waals surface area contributed by atoms with Crippen LogP contribution in [0.1, 0.15) is 75.7 Å². The SMILES string of the molecule is CC(C)CC(NC(=O)C1[C@@H]2[C@H](CN1C(=O)C(NC(=O)OC(C)(C)C)C(C)(C)C)C2(C)C)C(=O)C(N)=O. The van der Waals surface area contributed by atoms with Gasteiger partial charge in [-0.3, -0.25) is 19.2 Å². The number of rotatable bonds is 8. The van der Waals surface area contributed by atoms with Gasteiger partial charge >= 0.3 is 6.09 Å². The maximum Gasteiger partial charge on any atom is 0.408 e. The van der Waals surface area contributed by atoms with E-state index in [1.54, 1.807) is 20.8 Å². The molecular formula is C26H44N4O6. The van der Waals surface area contributed by atoms with Gasteiger partial charge in [-0.2, -0.15) is 0 Å². The summed E-state index contributed by atoms with van der Waals surface area (Å²) >= 11 is 0. The lowest BCUT2D eigenvalue weighted by Gasteiger charge is -2.38. The molecule has 4 amide bonds. The molecule has 0 aromatic heterocycles. The Morgan fingerprint density at radius 1 is 1.03 bits per heavy atom. The minimum Gasteiger partial charge on any atom is -0.444 e. The zero-order valence-electron chi connectivity index (χ0n) is 23.4. The highest BCUT2D eigenvalue weighted by Crippen LogP contribution is 2.65. The molecule has 2 rings (SSSR count). The number of likely N-dealkylation sites (tertiary alicyclic amines) is 1. The summed E-state index contributed by atoms with van der Waals surface area (Å²) in [5.41, 5.74) is 3.65. The van der Waals surface area contributed by atoms with E-state index < -0.39 is 58.7 Å². The molecular weight excluding hydrogens is 464 g/mol. The number of nitrogens with one attached hydrogen (secondary N) is 2. The molecule has 204 valence electrons. The molecule has 2 fully saturated rings. The van der Waals surface area contributed by atoms with Crippen LogP contribution in [0.5, 0.6) is 0 Å². The number of carbonyl (C=O) groups excluding carboxylic acids is 5. The van der Waals surface area contributed by atoms with E-state index in [2.05, 4.69) is 10.6 Å². The number of amides is 4. The highest BCUT2D eigenvalue weighted by molar-refractivity contribution is 6.37. The maximum atomic E-state index is 13.8. The van der Waals surface area contributed by atoms with Gasteiger partial charge in [0, 0.05) is 6.54 Å². The standard InChI is InChI=1S/C26H44N4O6/c1-13(2)11-15(18(31)20(27)32)28-21(33)17-16-14(26(16,9)10)12-30(17)22(34)19(24(3,4)5)29-23(35)36-25(6,7)8/h13-17,19H,11-12H2,1-10H3,(H2,27,32)(H,28,33)(H,29,35)/t14-,15?,16-,17?,19?/m0/s1. The number of piperidine rings is 1. The molecule has 0 bridgehead atoms. The van der Waals surface area contributed by atoms with Crippen LogP contribution in [0, 0.1) is 28.6 Å². The first-order valence-electron chi connectivity index (χ1n) is 12.6. The number of carbonyl (C=O) groups is 5. The molecule has 0 aromatic carbocycles. The Labute approximate surface area is 214 Å². The number of hydrogen-bond acceptors (Lipinski definition) is 6. The van der Waals surface area contributed by atoms with Gasteiger partial charge in [-0.15, -0.1) is 0 Å². The molecule has 1 aliphatic heterocycles. The molecule has 10 nitrogen and oxygen atoms in total. The number of fused-ring (bicyclic) bond motifs is 1. The zero-order chi connectivity index (χ0) is 28.0. The van der Waals surface area contributed by atoms with Crippen LogP contribution in [0.2, 0.25) is 0 Å². The topological polar surface area (TPSA) is 148 Å². The lowest BCUT2D eigenvalue weighted by molar-refractivity contribution is -0.145. The van der Waals surface area contributed by atoms with Crippen molar-refractivity contribution in [2.24, 2.45) is 34.3 Å². The van der Waals surface area contributed by atoms with E-state index in [1.807, 2.05) is 48.5 Å². The number of ether oxygens (including phenoxy) is 1. The average molecular weight is 509 g/mol. The van der Waals surface area contributed by atoms with Crippen molar-refractivity contribution in [2.45, 2.75) is 99.4 Å². The second kappa shape index (κ2) is 10.0. The van der Waals surface area contributed by atoms with Crippen molar-refractivity contribution in [3.63, 3.8) is 0 Å². The Morgan fingerprint density at radius 2 is 1.58 bits per heavy atom. The van der Waals surface area contributed by atoms with E-state index in [9.17, 15) is 24.0 Å². The fourth-order valence-electron chi connectivity index (χ4n) is 5.18. The Hall–Kier alpha value is -2.65. The third-order valence-electron chi connectivity index (χ3n) is 7.12. The third kappa shape index (κ3) is 6.56. The van der Waals surface area contributed by atoms with Crippen molar-refractivity contribution in [1.82, 2.24) is 15.5 Å². The predicted octanol–water partition coefficient (Wildman–Crippen LogP) is 1.99. The molecule has 1 saturated heterocycles. The number of alkyl carbamates (subject to hydrolysis) is 1. The molecule has 1 heterocycles. The highest BCUT2D eigenvalue weighted by Gasteiger charge is 2.69. The van der Waals surface area contributed by atoms with Crippen LogP contribution >= 0.6 is 0 Å². The van der Waals surface area contributed by atoms with Crippen LogP contribution in [0.25, 0.3) is 0 Å². The van der Waals surface area contributed by atoms with E-state index >= 15 is 0 Å². The van der Waals surface area contributed by atoms with Gasteiger partial charge < -0.3 is 26.0 Å². The van der Waals surface area contributed by atoms with Crippen LogP contribution < -0.4 is 16.4 Å². The number of nitrogens with two attached hydrogens (primary N) is 1. The van der Waals surface area contributed by atoms with Gasteiger partial charge in [-0.1, -0.05) is 48.5 Å². The van der Waals surface area contributed by atoms with Crippen LogP contribution in [0.15, 0.2) is 0 Å². The molecule has 1 saturated carbocycles. The van der Waals surface area contributed by atoms with Gasteiger partial charge in [0.15, 0.2) is 0 Å². The van der Waals surface area contributed by atoms with Gasteiger partial charge in [-0.25, -0.2) is 4.79 Å². The van der Waals surface area contributed by atoms with Gasteiger partial charge in [-0.05, 0) is 55.8 Å². The van der Waals surface area contributed by atoms with Crippen molar-refractivity contribution in [1.29, 1.82) is 0 Å². The fourth-order valence-corrected chi connectivity index (χ4v) is 5.18. The molecule has 1 aliphatic carbocycles. The average Bonchev–Trinajstić information content (AvgIpc) is 3.03. The van der Waals surface area contributed by atoms with Gasteiger partial charge in [0.2, 0.25) is 17.6 Å². The number of nitrogens with zero attached hydrogens (tertiary/aromatic N) is 1. The first kappa shape index (κ1) is 29.6. The predicted molar refractivity (Wildman–Crippen MR) is 134 cm³/mol. The Balaban J connectivity index is 2.33. The summed E-state index contributed by atoms with van der Waals surface area (Å²) < 4.78 is 5.37. The quantitative estimate of drug-likeness (QED) is 0.427. The Morgan fingerprint density at radius 3 is 2.03 bits per heavy atom. The van der Waals surface area contributed by atoms with Crippen molar-refractivity contribution in [2.75, 3.05) is 6.54 Å². The van der Waals surface area contributed by atoms with E-state index in [0.717, 1.165) is 0 Å². The molecule has 5 atom stereocenters. The molecule has 0 radical (unpaired) electrons. The van der Waals surface area contributed by atoms with Gasteiger partial charge in [0.05, 0.1) is 6.04 Å². The summed E-state index contributed by atoms with van der Waals surface area (Å²) in [6, 6.07) is -2.84. The number of primary amides is 1. The molecule has 36 heavy (non-hydrogen) atoms. The fraction of sp³-hybridized carbons (Fsp3) is 0.808. The molecule has 10 heteroatoms. The smallest absolute Gasteiger partial charge is 0.408 e. The van der Waals surface area contributed by atoms with Gasteiger partial charge in [0.25, 0.3) is 5.91 Å². The number of Topliss-reactive ketones (excluding diaryl/α,β-unsaturated/α-hetero) is 1. The third-order valence-corrected chi connectivity index (χ3v) is 7.12. The molecule has 2 aliphatic rings. The highest BCUT2D eigenvalue weighted by atomic mass is 16.6. The van der Waals surface area contributed by atoms with Crippen molar-refractivity contribution in [3.8, 4) is 0 Å². The summed E-state index contributed by atoms with van der Waals surface area (Å²) in [6.07, 6.45) is -0.471. The normalized spacial score (nSPS) is 24.4. The first-order chi connectivity index (χ1) is 16.2. The Bertz CT molecular complexity index is 914. The summed E-state index contributed by atoms with van der Waals surface area (Å²) in [7, 11) is 0. The second-order valence-electron chi connectivity index (χ2n) is 13.3. The molecule has 0 aromatic rings. The largest absolute Gasteiger partial charge is 0.444 e. The van der Waals surface area contributed by atoms with E-state index in [1.165, 1.54) is 4.90 Å². The van der Waals surface area contributed by atoms with Crippen molar-refractivity contribution in [3.05, 3.63) is 0 Å².